The minimum absolute atomic E-state index is 0.0885. The van der Waals surface area contributed by atoms with Crippen molar-refractivity contribution >= 4 is 50.9 Å². The fourth-order valence-corrected chi connectivity index (χ4v) is 5.53. The smallest absolute Gasteiger partial charge is 0.304 e. The predicted molar refractivity (Wildman–Crippen MR) is 156 cm³/mol. The van der Waals surface area contributed by atoms with Gasteiger partial charge in [0.05, 0.1) is 5.69 Å². The number of hydrogen-bond acceptors (Lipinski definition) is 4. The van der Waals surface area contributed by atoms with Crippen LogP contribution in [-0.2, 0) is 32.8 Å². The van der Waals surface area contributed by atoms with Crippen LogP contribution in [0.5, 0.6) is 0 Å². The van der Waals surface area contributed by atoms with Crippen molar-refractivity contribution in [1.29, 1.82) is 0 Å². The predicted octanol–water partition coefficient (Wildman–Crippen LogP) is 4.52. The van der Waals surface area contributed by atoms with Crippen LogP contribution in [-0.4, -0.2) is 62.7 Å². The number of benzene rings is 3. The summed E-state index contributed by atoms with van der Waals surface area (Å²) >= 11 is 12.5. The van der Waals surface area contributed by atoms with Crippen molar-refractivity contribution in [2.75, 3.05) is 31.5 Å². The molecule has 40 heavy (non-hydrogen) atoms. The van der Waals surface area contributed by atoms with Gasteiger partial charge in [0.25, 0.3) is 0 Å². The summed E-state index contributed by atoms with van der Waals surface area (Å²) < 4.78 is 42.1. The summed E-state index contributed by atoms with van der Waals surface area (Å²) in [6.45, 7) is 1.34. The average molecular weight is 610 g/mol. The molecule has 1 atom stereocenters. The van der Waals surface area contributed by atoms with Crippen molar-refractivity contribution in [2.24, 2.45) is 0 Å². The molecule has 1 N–H and O–H groups in total. The average Bonchev–Trinajstić information content (AvgIpc) is 2.91. The molecule has 3 aromatic carbocycles. The number of nitrogens with zero attached hydrogens (tertiary/aromatic N) is 3. The Morgan fingerprint density at radius 3 is 2.20 bits per heavy atom. The SMILES string of the molecule is CCNC(=O)C(Cc1ccccc1)N(Cc1ccc(Cl)cc1Cl)C(=O)CN(c1ccc(F)cc1)S(=O)(=O)N(C)C. The Labute approximate surface area is 244 Å². The number of hydrogen-bond donors (Lipinski definition) is 1. The maximum atomic E-state index is 14.1. The highest BCUT2D eigenvalue weighted by atomic mass is 35.5. The molecule has 2 amide bonds. The van der Waals surface area contributed by atoms with Gasteiger partial charge >= 0.3 is 10.2 Å². The van der Waals surface area contributed by atoms with Crippen molar-refractivity contribution in [1.82, 2.24) is 14.5 Å². The molecular weight excluding hydrogens is 578 g/mol. The van der Waals surface area contributed by atoms with Crippen LogP contribution in [0.3, 0.4) is 0 Å². The molecular formula is C28H31Cl2FN4O4S. The zero-order valence-corrected chi connectivity index (χ0v) is 24.7. The highest BCUT2D eigenvalue weighted by Crippen LogP contribution is 2.26. The molecule has 0 saturated carbocycles. The van der Waals surface area contributed by atoms with E-state index in [-0.39, 0.29) is 23.7 Å². The summed E-state index contributed by atoms with van der Waals surface area (Å²) in [5, 5.41) is 3.47. The van der Waals surface area contributed by atoms with Crippen LogP contribution in [0.4, 0.5) is 10.1 Å². The lowest BCUT2D eigenvalue weighted by atomic mass is 10.0. The van der Waals surface area contributed by atoms with Crippen LogP contribution in [0.15, 0.2) is 72.8 Å². The summed E-state index contributed by atoms with van der Waals surface area (Å²) in [7, 11) is -1.53. The molecule has 3 aromatic rings. The van der Waals surface area contributed by atoms with E-state index in [1.165, 1.54) is 37.2 Å². The van der Waals surface area contributed by atoms with Gasteiger partial charge in [-0.05, 0) is 54.4 Å². The van der Waals surface area contributed by atoms with Gasteiger partial charge in [0.1, 0.15) is 18.4 Å². The van der Waals surface area contributed by atoms with Crippen molar-refractivity contribution in [2.45, 2.75) is 25.9 Å². The molecule has 12 heteroatoms. The number of carbonyl (C=O) groups is 2. The molecule has 0 saturated heterocycles. The Balaban J connectivity index is 2.10. The van der Waals surface area contributed by atoms with E-state index in [2.05, 4.69) is 5.32 Å². The van der Waals surface area contributed by atoms with E-state index in [1.54, 1.807) is 19.1 Å². The molecule has 0 aliphatic rings. The van der Waals surface area contributed by atoms with Gasteiger partial charge in [-0.2, -0.15) is 12.7 Å². The number of carbonyl (C=O) groups excluding carboxylic acids is 2. The second-order valence-corrected chi connectivity index (χ2v) is 12.0. The number of likely N-dealkylation sites (N-methyl/N-ethyl adjacent to an activating group) is 1. The van der Waals surface area contributed by atoms with Crippen molar-refractivity contribution < 1.29 is 22.4 Å². The standard InChI is InChI=1S/C28H31Cl2FN4O4S/c1-4-32-28(37)26(16-20-8-6-5-7-9-20)34(18-21-10-11-22(29)17-25(21)30)27(36)19-35(40(38,39)33(2)3)24-14-12-23(31)13-15-24/h5-15,17,26H,4,16,18-19H2,1-3H3,(H,32,37). The van der Waals surface area contributed by atoms with Crippen LogP contribution in [0.1, 0.15) is 18.1 Å². The number of halogens is 3. The number of amides is 2. The lowest BCUT2D eigenvalue weighted by Gasteiger charge is -2.34. The van der Waals surface area contributed by atoms with E-state index in [1.807, 2.05) is 30.3 Å². The molecule has 0 heterocycles. The third-order valence-corrected chi connectivity index (χ3v) is 8.52. The molecule has 0 radical (unpaired) electrons. The van der Waals surface area contributed by atoms with Gasteiger partial charge in [0.2, 0.25) is 11.8 Å². The molecule has 0 spiro atoms. The Morgan fingerprint density at radius 2 is 1.62 bits per heavy atom. The van der Waals surface area contributed by atoms with E-state index < -0.39 is 40.4 Å². The summed E-state index contributed by atoms with van der Waals surface area (Å²) in [6.07, 6.45) is 0.167. The first-order valence-electron chi connectivity index (χ1n) is 12.4. The van der Waals surface area contributed by atoms with Gasteiger partial charge in [-0.3, -0.25) is 9.59 Å². The molecule has 0 aliphatic heterocycles. The summed E-state index contributed by atoms with van der Waals surface area (Å²) in [5.74, 6) is -1.63. The van der Waals surface area contributed by atoms with Gasteiger partial charge in [-0.15, -0.1) is 0 Å². The fraction of sp³-hybridized carbons (Fsp3) is 0.286. The molecule has 3 rings (SSSR count). The van der Waals surface area contributed by atoms with Gasteiger partial charge in [-0.1, -0.05) is 59.6 Å². The summed E-state index contributed by atoms with van der Waals surface area (Å²) in [4.78, 5) is 28.8. The molecule has 0 bridgehead atoms. The Morgan fingerprint density at radius 1 is 0.975 bits per heavy atom. The first-order chi connectivity index (χ1) is 18.9. The van der Waals surface area contributed by atoms with Crippen LogP contribution >= 0.6 is 23.2 Å². The van der Waals surface area contributed by atoms with E-state index in [4.69, 9.17) is 23.2 Å². The highest BCUT2D eigenvalue weighted by molar-refractivity contribution is 7.90. The molecule has 0 aromatic heterocycles. The maximum Gasteiger partial charge on any atom is 0.304 e. The van der Waals surface area contributed by atoms with Crippen LogP contribution in [0.25, 0.3) is 0 Å². The van der Waals surface area contributed by atoms with Gasteiger partial charge < -0.3 is 10.2 Å². The summed E-state index contributed by atoms with van der Waals surface area (Å²) in [5.41, 5.74) is 1.41. The summed E-state index contributed by atoms with van der Waals surface area (Å²) in [6, 6.07) is 17.7. The second-order valence-electron chi connectivity index (χ2n) is 9.13. The quantitative estimate of drug-likeness (QED) is 0.327. The van der Waals surface area contributed by atoms with Crippen LogP contribution in [0.2, 0.25) is 10.0 Å². The zero-order valence-electron chi connectivity index (χ0n) is 22.4. The van der Waals surface area contributed by atoms with Crippen LogP contribution < -0.4 is 9.62 Å². The fourth-order valence-electron chi connectivity index (χ4n) is 4.00. The monoisotopic (exact) mass is 608 g/mol. The van der Waals surface area contributed by atoms with Crippen molar-refractivity contribution in [3.63, 3.8) is 0 Å². The Bertz CT molecular complexity index is 1420. The Hall–Kier alpha value is -3.18. The van der Waals surface area contributed by atoms with E-state index in [0.29, 0.717) is 17.1 Å². The third-order valence-electron chi connectivity index (χ3n) is 6.11. The topological polar surface area (TPSA) is 90.0 Å². The normalized spacial score (nSPS) is 12.2. The van der Waals surface area contributed by atoms with E-state index in [9.17, 15) is 22.4 Å². The molecule has 1 unspecified atom stereocenters. The van der Waals surface area contributed by atoms with Crippen molar-refractivity contribution in [3.8, 4) is 0 Å². The minimum atomic E-state index is -4.18. The minimum Gasteiger partial charge on any atom is -0.355 e. The molecule has 0 fully saturated rings. The maximum absolute atomic E-state index is 14.1. The van der Waals surface area contributed by atoms with Gasteiger partial charge in [0, 0.05) is 43.7 Å². The number of anilines is 1. The zero-order chi connectivity index (χ0) is 29.4. The molecule has 8 nitrogen and oxygen atoms in total. The van der Waals surface area contributed by atoms with Crippen molar-refractivity contribution in [3.05, 3.63) is 99.8 Å². The van der Waals surface area contributed by atoms with Gasteiger partial charge in [-0.25, -0.2) is 8.70 Å². The molecule has 0 aliphatic carbocycles. The largest absolute Gasteiger partial charge is 0.355 e. The van der Waals surface area contributed by atoms with E-state index in [0.717, 1.165) is 26.3 Å². The lowest BCUT2D eigenvalue weighted by Crippen LogP contribution is -2.54. The first-order valence-corrected chi connectivity index (χ1v) is 14.6. The number of nitrogens with one attached hydrogen (secondary N) is 1. The lowest BCUT2D eigenvalue weighted by molar-refractivity contribution is -0.140. The van der Waals surface area contributed by atoms with Gasteiger partial charge in [0.15, 0.2) is 0 Å². The highest BCUT2D eigenvalue weighted by Gasteiger charge is 2.34. The number of rotatable bonds is 12. The van der Waals surface area contributed by atoms with E-state index >= 15 is 0 Å². The van der Waals surface area contributed by atoms with Crippen LogP contribution in [0, 0.1) is 5.82 Å². The first kappa shape index (κ1) is 31.3. The third kappa shape index (κ3) is 7.94. The second kappa shape index (κ2) is 13.9. The Kier molecular flexibility index (Phi) is 10.9. The molecule has 214 valence electrons.